The Labute approximate surface area is 410 Å². The van der Waals surface area contributed by atoms with Gasteiger partial charge in [-0.1, -0.05) is 84.9 Å². The molecule has 16 rings (SSSR count). The summed E-state index contributed by atoms with van der Waals surface area (Å²) in [5.74, 6) is 0. The van der Waals surface area contributed by atoms with E-state index in [1.54, 1.807) is 0 Å². The van der Waals surface area contributed by atoms with Crippen LogP contribution in [0, 0.1) is 0 Å². The molecule has 0 amide bonds. The molecule has 4 aromatic heterocycles. The lowest BCUT2D eigenvalue weighted by Gasteiger charge is -2.25. The molecule has 0 unspecified atom stereocenters. The Morgan fingerprint density at radius 2 is 0.500 bits per heavy atom. The Kier molecular flexibility index (Phi) is 8.07. The van der Waals surface area contributed by atoms with Gasteiger partial charge in [0, 0.05) is 101 Å². The molecule has 72 heavy (non-hydrogen) atoms. The molecule has 0 fully saturated rings. The average Bonchev–Trinajstić information content (AvgIpc) is 4.19. The van der Waals surface area contributed by atoms with Gasteiger partial charge in [-0.25, -0.2) is 0 Å². The molecule has 4 heterocycles. The van der Waals surface area contributed by atoms with Crippen LogP contribution >= 0.6 is 0 Å². The first-order chi connectivity index (χ1) is 35.6. The number of nitrogens with zero attached hydrogens (tertiary/aromatic N) is 2. The fourth-order valence-electron chi connectivity index (χ4n) is 11.4. The molecule has 0 atom stereocenters. The number of hydrogen-bond acceptors (Lipinski definition) is 6. The molecule has 0 saturated heterocycles. The first kappa shape index (κ1) is 39.1. The van der Waals surface area contributed by atoms with Gasteiger partial charge in [-0.2, -0.15) is 0 Å². The van der Waals surface area contributed by atoms with Gasteiger partial charge in [0.25, 0.3) is 0 Å². The van der Waals surface area contributed by atoms with Crippen LogP contribution in [0.5, 0.6) is 0 Å². The zero-order valence-corrected chi connectivity index (χ0v) is 38.5. The lowest BCUT2D eigenvalue weighted by Crippen LogP contribution is -2.09. The first-order valence-electron chi connectivity index (χ1n) is 24.3. The molecule has 0 saturated carbocycles. The van der Waals surface area contributed by atoms with Crippen molar-refractivity contribution >= 4 is 154 Å². The van der Waals surface area contributed by atoms with E-state index in [4.69, 9.17) is 17.7 Å². The maximum absolute atomic E-state index is 6.76. The van der Waals surface area contributed by atoms with Crippen LogP contribution in [-0.2, 0) is 0 Å². The summed E-state index contributed by atoms with van der Waals surface area (Å²) in [6, 6.07) is 81.2. The van der Waals surface area contributed by atoms with Crippen LogP contribution in [-0.4, -0.2) is 0 Å². The van der Waals surface area contributed by atoms with Crippen molar-refractivity contribution in [2.45, 2.75) is 0 Å². The van der Waals surface area contributed by atoms with Gasteiger partial charge in [0.15, 0.2) is 0 Å². The molecular formula is C66H38N2O4. The maximum atomic E-state index is 6.76. The molecular weight excluding hydrogens is 885 g/mol. The number of rotatable bonds is 6. The summed E-state index contributed by atoms with van der Waals surface area (Å²) in [6.45, 7) is 0. The zero-order valence-electron chi connectivity index (χ0n) is 38.5. The third kappa shape index (κ3) is 5.84. The quantitative estimate of drug-likeness (QED) is 0.166. The molecule has 0 aliphatic heterocycles. The lowest BCUT2D eigenvalue weighted by atomic mass is 9.99. The Morgan fingerprint density at radius 3 is 0.903 bits per heavy atom. The van der Waals surface area contributed by atoms with Gasteiger partial charge < -0.3 is 27.5 Å². The molecule has 0 N–H and O–H groups in total. The fourth-order valence-corrected chi connectivity index (χ4v) is 11.4. The summed E-state index contributed by atoms with van der Waals surface area (Å²) in [6.07, 6.45) is 0. The van der Waals surface area contributed by atoms with Crippen molar-refractivity contribution in [2.24, 2.45) is 0 Å². The Morgan fingerprint density at radius 1 is 0.194 bits per heavy atom. The van der Waals surface area contributed by atoms with Crippen LogP contribution in [0.15, 0.2) is 248 Å². The summed E-state index contributed by atoms with van der Waals surface area (Å²) in [5, 5.41) is 15.6. The van der Waals surface area contributed by atoms with E-state index in [-0.39, 0.29) is 0 Å². The Hall–Kier alpha value is -9.78. The summed E-state index contributed by atoms with van der Waals surface area (Å²) in [7, 11) is 0. The first-order valence-corrected chi connectivity index (χ1v) is 24.3. The van der Waals surface area contributed by atoms with E-state index >= 15 is 0 Å². The van der Waals surface area contributed by atoms with E-state index < -0.39 is 0 Å². The van der Waals surface area contributed by atoms with Crippen LogP contribution in [0.3, 0.4) is 0 Å². The average molecular weight is 923 g/mol. The summed E-state index contributed by atoms with van der Waals surface area (Å²) < 4.78 is 26.6. The van der Waals surface area contributed by atoms with Gasteiger partial charge in [-0.05, 0) is 154 Å². The maximum Gasteiger partial charge on any atom is 0.137 e. The highest BCUT2D eigenvalue weighted by atomic mass is 16.3. The number of fused-ring (bicyclic) bond motifs is 17. The van der Waals surface area contributed by atoms with E-state index in [0.29, 0.717) is 0 Å². The summed E-state index contributed by atoms with van der Waals surface area (Å²) >= 11 is 0. The third-order valence-electron chi connectivity index (χ3n) is 14.7. The second kappa shape index (κ2) is 14.9. The molecule has 0 aliphatic carbocycles. The number of para-hydroxylation sites is 2. The van der Waals surface area contributed by atoms with Gasteiger partial charge in [0.1, 0.15) is 44.7 Å². The Bertz CT molecular complexity index is 4580. The minimum Gasteiger partial charge on any atom is -0.456 e. The van der Waals surface area contributed by atoms with Crippen molar-refractivity contribution in [1.29, 1.82) is 0 Å². The van der Waals surface area contributed by atoms with Crippen molar-refractivity contribution < 1.29 is 17.7 Å². The zero-order chi connectivity index (χ0) is 47.0. The summed E-state index contributed by atoms with van der Waals surface area (Å²) in [4.78, 5) is 4.53. The van der Waals surface area contributed by atoms with Gasteiger partial charge in [-0.15, -0.1) is 0 Å². The lowest BCUT2D eigenvalue weighted by molar-refractivity contribution is 0.668. The van der Waals surface area contributed by atoms with Crippen molar-refractivity contribution in [3.63, 3.8) is 0 Å². The molecule has 6 heteroatoms. The van der Waals surface area contributed by atoms with Crippen LogP contribution in [0.4, 0.5) is 34.1 Å². The van der Waals surface area contributed by atoms with Crippen molar-refractivity contribution in [1.82, 2.24) is 0 Å². The number of benzene rings is 12. The highest BCUT2D eigenvalue weighted by Crippen LogP contribution is 2.46. The molecule has 0 bridgehead atoms. The molecule has 0 spiro atoms. The number of furan rings is 4. The highest BCUT2D eigenvalue weighted by Gasteiger charge is 2.22. The molecule has 12 aromatic carbocycles. The highest BCUT2D eigenvalue weighted by molar-refractivity contribution is 6.28. The SMILES string of the molecule is c1ccc(N(c2ccc3c(c2)oc2cc4ccccc4cc23)c2ccc3c(c2)oc2ccc4c(ccc5oc6cc(N(c7ccccc7)c7ccc8c(c7)oc7cc9ccccc9cc78)ccc6c54)c23)cc1. The molecule has 0 aliphatic rings. The van der Waals surface area contributed by atoms with E-state index in [1.807, 2.05) is 12.1 Å². The second-order valence-corrected chi connectivity index (χ2v) is 18.8. The molecule has 6 nitrogen and oxygen atoms in total. The smallest absolute Gasteiger partial charge is 0.137 e. The Balaban J connectivity index is 0.802. The predicted octanol–water partition coefficient (Wildman–Crippen LogP) is 19.7. The third-order valence-corrected chi connectivity index (χ3v) is 14.7. The monoisotopic (exact) mass is 922 g/mol. The minimum absolute atomic E-state index is 0.810. The topological polar surface area (TPSA) is 59.0 Å². The van der Waals surface area contributed by atoms with E-state index in [0.717, 1.165) is 143 Å². The van der Waals surface area contributed by atoms with Gasteiger partial charge in [-0.3, -0.25) is 0 Å². The normalized spacial score (nSPS) is 12.2. The van der Waals surface area contributed by atoms with Crippen molar-refractivity contribution in [3.8, 4) is 0 Å². The van der Waals surface area contributed by atoms with Crippen molar-refractivity contribution in [2.75, 3.05) is 9.80 Å². The van der Waals surface area contributed by atoms with Gasteiger partial charge in [0.2, 0.25) is 0 Å². The van der Waals surface area contributed by atoms with E-state index in [1.165, 1.54) is 10.8 Å². The summed E-state index contributed by atoms with van der Waals surface area (Å²) in [5.41, 5.74) is 12.7. The molecule has 0 radical (unpaired) electrons. The van der Waals surface area contributed by atoms with Crippen LogP contribution in [0.2, 0.25) is 0 Å². The number of hydrogen-bond donors (Lipinski definition) is 0. The standard InChI is InChI=1S/C66H38N2O4/c1-3-15-43(16-4-1)67(45-19-23-49-55-31-39-11-7-9-13-41(39)33-59(55)71-61(49)35-45)47-21-25-53-63(37-47)69-57-29-27-52-51(65(53)57)28-30-58-66(52)54-26-22-48(38-64(54)70-58)68(44-17-5-2-6-18-44)46-20-24-50-56-32-40-12-8-10-14-42(40)34-60(56)72-62(50)36-46/h1-38H. The van der Waals surface area contributed by atoms with Crippen LogP contribution in [0.1, 0.15) is 0 Å². The number of anilines is 6. The second-order valence-electron chi connectivity index (χ2n) is 18.8. The van der Waals surface area contributed by atoms with Gasteiger partial charge in [0.05, 0.1) is 0 Å². The molecule has 336 valence electrons. The van der Waals surface area contributed by atoms with E-state index in [2.05, 4.69) is 228 Å². The minimum atomic E-state index is 0.810. The van der Waals surface area contributed by atoms with Crippen LogP contribution in [0.25, 0.3) is 120 Å². The van der Waals surface area contributed by atoms with Gasteiger partial charge >= 0.3 is 0 Å². The van der Waals surface area contributed by atoms with Crippen molar-refractivity contribution in [3.05, 3.63) is 231 Å². The largest absolute Gasteiger partial charge is 0.456 e. The predicted molar refractivity (Wildman–Crippen MR) is 297 cm³/mol. The van der Waals surface area contributed by atoms with E-state index in [9.17, 15) is 0 Å². The van der Waals surface area contributed by atoms with Crippen LogP contribution < -0.4 is 9.80 Å². The molecule has 16 aromatic rings. The fraction of sp³-hybridized carbons (Fsp3) is 0.